The zero-order valence-corrected chi connectivity index (χ0v) is 16.1. The molecule has 0 spiro atoms. The molecular weight excluding hydrogens is 367 g/mol. The van der Waals surface area contributed by atoms with Crippen LogP contribution in [0.25, 0.3) is 0 Å². The minimum atomic E-state index is -0.239. The number of hydrogen-bond donors (Lipinski definition) is 1. The molecule has 148 valence electrons. The molecular formula is C23H23FN4O. The second-order valence-electron chi connectivity index (χ2n) is 7.03. The molecule has 4 rings (SSSR count). The first kappa shape index (κ1) is 18.9. The van der Waals surface area contributed by atoms with Crippen molar-refractivity contribution < 1.29 is 9.18 Å². The molecule has 1 N–H and O–H groups in total. The summed E-state index contributed by atoms with van der Waals surface area (Å²) in [7, 11) is 0. The average molecular weight is 390 g/mol. The van der Waals surface area contributed by atoms with Gasteiger partial charge in [-0.1, -0.05) is 30.3 Å². The van der Waals surface area contributed by atoms with E-state index >= 15 is 0 Å². The van der Waals surface area contributed by atoms with Crippen molar-refractivity contribution in [1.82, 2.24) is 9.88 Å². The van der Waals surface area contributed by atoms with Crippen molar-refractivity contribution in [3.05, 3.63) is 89.9 Å². The highest BCUT2D eigenvalue weighted by Crippen LogP contribution is 2.18. The third kappa shape index (κ3) is 4.71. The Morgan fingerprint density at radius 3 is 2.31 bits per heavy atom. The van der Waals surface area contributed by atoms with E-state index in [1.54, 1.807) is 18.3 Å². The highest BCUT2D eigenvalue weighted by Gasteiger charge is 2.22. The summed E-state index contributed by atoms with van der Waals surface area (Å²) in [6.45, 7) is 3.39. The van der Waals surface area contributed by atoms with Gasteiger partial charge in [0.1, 0.15) is 11.6 Å². The van der Waals surface area contributed by atoms with Crippen LogP contribution in [0.5, 0.6) is 0 Å². The van der Waals surface area contributed by atoms with Crippen molar-refractivity contribution in [1.29, 1.82) is 0 Å². The summed E-state index contributed by atoms with van der Waals surface area (Å²) in [5, 5.41) is 3.27. The summed E-state index contributed by atoms with van der Waals surface area (Å²) >= 11 is 0. The summed E-state index contributed by atoms with van der Waals surface area (Å²) in [6, 6.07) is 20.2. The van der Waals surface area contributed by atoms with E-state index in [4.69, 9.17) is 0 Å². The molecule has 5 nitrogen and oxygen atoms in total. The summed E-state index contributed by atoms with van der Waals surface area (Å²) in [4.78, 5) is 21.2. The standard InChI is InChI=1S/C23H23FN4O/c24-20-7-9-21(10-8-20)27-12-14-28(15-13-27)23(29)19-6-11-22(26-17-19)25-16-18-4-2-1-3-5-18/h1-11,17H,12-16H2,(H,25,26). The predicted molar refractivity (Wildman–Crippen MR) is 113 cm³/mol. The SMILES string of the molecule is O=C(c1ccc(NCc2ccccc2)nc1)N1CCN(c2ccc(F)cc2)CC1. The molecule has 1 aliphatic heterocycles. The molecule has 6 heteroatoms. The fourth-order valence-corrected chi connectivity index (χ4v) is 3.42. The molecule has 0 aliphatic carbocycles. The molecule has 3 aromatic rings. The molecule has 0 bridgehead atoms. The maximum atomic E-state index is 13.1. The number of rotatable bonds is 5. The molecule has 0 saturated carbocycles. The number of nitrogens with one attached hydrogen (secondary N) is 1. The van der Waals surface area contributed by atoms with E-state index in [2.05, 4.69) is 27.3 Å². The Kier molecular flexibility index (Phi) is 5.70. The number of carbonyl (C=O) groups is 1. The van der Waals surface area contributed by atoms with Crippen molar-refractivity contribution >= 4 is 17.4 Å². The summed E-state index contributed by atoms with van der Waals surface area (Å²) in [6.07, 6.45) is 1.63. The van der Waals surface area contributed by atoms with Crippen molar-refractivity contribution in [3.63, 3.8) is 0 Å². The van der Waals surface area contributed by atoms with Crippen LogP contribution >= 0.6 is 0 Å². The number of carbonyl (C=O) groups excluding carboxylic acids is 1. The first-order chi connectivity index (χ1) is 14.2. The number of halogens is 1. The van der Waals surface area contributed by atoms with Crippen LogP contribution in [0.1, 0.15) is 15.9 Å². The van der Waals surface area contributed by atoms with Gasteiger partial charge >= 0.3 is 0 Å². The summed E-state index contributed by atoms with van der Waals surface area (Å²) in [5.74, 6) is 0.495. The lowest BCUT2D eigenvalue weighted by molar-refractivity contribution is 0.0746. The van der Waals surface area contributed by atoms with Gasteiger partial charge in [0.15, 0.2) is 0 Å². The Balaban J connectivity index is 1.31. The van der Waals surface area contributed by atoms with Gasteiger partial charge in [0.2, 0.25) is 0 Å². The van der Waals surface area contributed by atoms with Gasteiger partial charge in [-0.2, -0.15) is 0 Å². The lowest BCUT2D eigenvalue weighted by Gasteiger charge is -2.36. The van der Waals surface area contributed by atoms with Gasteiger partial charge in [0.05, 0.1) is 5.56 Å². The van der Waals surface area contributed by atoms with Gasteiger partial charge in [0.25, 0.3) is 5.91 Å². The normalized spacial score (nSPS) is 14.0. The minimum absolute atomic E-state index is 0.00846. The van der Waals surface area contributed by atoms with Crippen LogP contribution in [-0.2, 0) is 6.54 Å². The van der Waals surface area contributed by atoms with Gasteiger partial charge in [0, 0.05) is 44.6 Å². The average Bonchev–Trinajstić information content (AvgIpc) is 2.79. The fraction of sp³-hybridized carbons (Fsp3) is 0.217. The van der Waals surface area contributed by atoms with Gasteiger partial charge in [-0.15, -0.1) is 0 Å². The number of piperazine rings is 1. The largest absolute Gasteiger partial charge is 0.368 e. The van der Waals surface area contributed by atoms with E-state index in [9.17, 15) is 9.18 Å². The molecule has 1 fully saturated rings. The molecule has 1 saturated heterocycles. The molecule has 0 unspecified atom stereocenters. The molecule has 0 atom stereocenters. The summed E-state index contributed by atoms with van der Waals surface area (Å²) in [5.41, 5.74) is 2.74. The van der Waals surface area contributed by atoms with E-state index in [0.717, 1.165) is 24.6 Å². The smallest absolute Gasteiger partial charge is 0.255 e. The lowest BCUT2D eigenvalue weighted by atomic mass is 10.2. The van der Waals surface area contributed by atoms with Gasteiger partial charge < -0.3 is 15.1 Å². The third-order valence-electron chi connectivity index (χ3n) is 5.09. The van der Waals surface area contributed by atoms with Crippen LogP contribution in [0.3, 0.4) is 0 Å². The molecule has 0 radical (unpaired) electrons. The minimum Gasteiger partial charge on any atom is -0.368 e. The van der Waals surface area contributed by atoms with Gasteiger partial charge in [-0.3, -0.25) is 4.79 Å². The second-order valence-corrected chi connectivity index (χ2v) is 7.03. The van der Waals surface area contributed by atoms with Crippen LogP contribution in [0, 0.1) is 5.82 Å². The first-order valence-electron chi connectivity index (χ1n) is 9.73. The molecule has 1 aromatic heterocycles. The van der Waals surface area contributed by atoms with Crippen LogP contribution < -0.4 is 10.2 Å². The Morgan fingerprint density at radius 1 is 0.931 bits per heavy atom. The molecule has 1 amide bonds. The lowest BCUT2D eigenvalue weighted by Crippen LogP contribution is -2.48. The molecule has 2 aromatic carbocycles. The Bertz CT molecular complexity index is 937. The van der Waals surface area contributed by atoms with E-state index in [0.29, 0.717) is 25.2 Å². The number of benzene rings is 2. The number of nitrogens with zero attached hydrogens (tertiary/aromatic N) is 3. The van der Waals surface area contributed by atoms with Crippen LogP contribution in [0.2, 0.25) is 0 Å². The zero-order chi connectivity index (χ0) is 20.1. The maximum absolute atomic E-state index is 13.1. The van der Waals surface area contributed by atoms with E-state index in [-0.39, 0.29) is 11.7 Å². The van der Waals surface area contributed by atoms with E-state index < -0.39 is 0 Å². The quantitative estimate of drug-likeness (QED) is 0.720. The molecule has 29 heavy (non-hydrogen) atoms. The monoisotopic (exact) mass is 390 g/mol. The van der Waals surface area contributed by atoms with Gasteiger partial charge in [-0.05, 0) is 42.0 Å². The van der Waals surface area contributed by atoms with Crippen LogP contribution in [0.15, 0.2) is 72.9 Å². The van der Waals surface area contributed by atoms with Crippen molar-refractivity contribution in [2.45, 2.75) is 6.54 Å². The van der Waals surface area contributed by atoms with Crippen molar-refractivity contribution in [3.8, 4) is 0 Å². The topological polar surface area (TPSA) is 48.5 Å². The molecule has 1 aliphatic rings. The maximum Gasteiger partial charge on any atom is 0.255 e. The second kappa shape index (κ2) is 8.73. The van der Waals surface area contributed by atoms with Crippen LogP contribution in [0.4, 0.5) is 15.9 Å². The van der Waals surface area contributed by atoms with Crippen LogP contribution in [-0.4, -0.2) is 42.0 Å². The highest BCUT2D eigenvalue weighted by molar-refractivity contribution is 5.94. The number of aromatic nitrogens is 1. The first-order valence-corrected chi connectivity index (χ1v) is 9.73. The predicted octanol–water partition coefficient (Wildman–Crippen LogP) is 3.80. The van der Waals surface area contributed by atoms with Crippen molar-refractivity contribution in [2.75, 3.05) is 36.4 Å². The van der Waals surface area contributed by atoms with Gasteiger partial charge in [-0.25, -0.2) is 9.37 Å². The highest BCUT2D eigenvalue weighted by atomic mass is 19.1. The van der Waals surface area contributed by atoms with E-state index in [1.807, 2.05) is 35.2 Å². The Hall–Kier alpha value is -3.41. The zero-order valence-electron chi connectivity index (χ0n) is 16.1. The molecule has 2 heterocycles. The number of hydrogen-bond acceptors (Lipinski definition) is 4. The third-order valence-corrected chi connectivity index (χ3v) is 5.09. The van der Waals surface area contributed by atoms with Crippen molar-refractivity contribution in [2.24, 2.45) is 0 Å². The number of pyridine rings is 1. The van der Waals surface area contributed by atoms with E-state index in [1.165, 1.54) is 17.7 Å². The number of amides is 1. The number of anilines is 2. The Morgan fingerprint density at radius 2 is 1.66 bits per heavy atom. The Labute approximate surface area is 169 Å². The fourth-order valence-electron chi connectivity index (χ4n) is 3.42. The summed E-state index contributed by atoms with van der Waals surface area (Å²) < 4.78 is 13.1.